The summed E-state index contributed by atoms with van der Waals surface area (Å²) in [5.74, 6) is 0. The summed E-state index contributed by atoms with van der Waals surface area (Å²) in [5, 5.41) is 13.1. The van der Waals surface area contributed by atoms with Crippen LogP contribution in [0.5, 0.6) is 0 Å². The van der Waals surface area contributed by atoms with Crippen molar-refractivity contribution in [3.8, 4) is 0 Å². The second kappa shape index (κ2) is 6.76. The van der Waals surface area contributed by atoms with Gasteiger partial charge in [0, 0.05) is 17.6 Å². The monoisotopic (exact) mass is 340 g/mol. The molecule has 106 valence electrons. The maximum Gasteiger partial charge on any atom is 0.416 e. The molecule has 0 heterocycles. The van der Waals surface area contributed by atoms with Crippen LogP contribution in [-0.4, -0.2) is 24.3 Å². The van der Waals surface area contributed by atoms with Gasteiger partial charge < -0.3 is 15.7 Å². The van der Waals surface area contributed by atoms with E-state index < -0.39 is 17.8 Å². The lowest BCUT2D eigenvalue weighted by Crippen LogP contribution is -2.36. The molecule has 1 aromatic rings. The number of alkyl halides is 3. The minimum atomic E-state index is -4.48. The highest BCUT2D eigenvalue weighted by Crippen LogP contribution is 2.33. The molecule has 0 fully saturated rings. The van der Waals surface area contributed by atoms with Crippen molar-refractivity contribution in [2.24, 2.45) is 0 Å². The summed E-state index contributed by atoms with van der Waals surface area (Å²) in [5.41, 5.74) is -0.834. The van der Waals surface area contributed by atoms with Crippen LogP contribution in [0.1, 0.15) is 11.1 Å². The number of aliphatic hydroxyl groups excluding tert-OH is 1. The van der Waals surface area contributed by atoms with Gasteiger partial charge >= 0.3 is 12.2 Å². The van der Waals surface area contributed by atoms with Crippen molar-refractivity contribution >= 4 is 22.0 Å². The van der Waals surface area contributed by atoms with Gasteiger partial charge in [0.1, 0.15) is 0 Å². The highest BCUT2D eigenvalue weighted by Gasteiger charge is 2.33. The van der Waals surface area contributed by atoms with E-state index in [1.165, 1.54) is 12.1 Å². The molecule has 1 rings (SSSR count). The zero-order valence-corrected chi connectivity index (χ0v) is 11.3. The normalized spacial score (nSPS) is 11.2. The van der Waals surface area contributed by atoms with Gasteiger partial charge in [0.2, 0.25) is 0 Å². The lowest BCUT2D eigenvalue weighted by atomic mass is 10.1. The van der Waals surface area contributed by atoms with E-state index in [9.17, 15) is 18.0 Å². The van der Waals surface area contributed by atoms with Gasteiger partial charge in [-0.3, -0.25) is 0 Å². The van der Waals surface area contributed by atoms with Crippen LogP contribution in [0.15, 0.2) is 22.7 Å². The van der Waals surface area contributed by atoms with Crippen LogP contribution in [0.2, 0.25) is 0 Å². The molecule has 2 amide bonds. The Morgan fingerprint density at radius 1 is 1.32 bits per heavy atom. The van der Waals surface area contributed by atoms with Crippen molar-refractivity contribution in [2.45, 2.75) is 12.7 Å². The van der Waals surface area contributed by atoms with Crippen molar-refractivity contribution in [1.82, 2.24) is 10.6 Å². The summed E-state index contributed by atoms with van der Waals surface area (Å²) in [6.45, 7) is -0.447. The van der Waals surface area contributed by atoms with Gasteiger partial charge in [0.05, 0.1) is 12.2 Å². The molecule has 0 radical (unpaired) electrons. The summed E-state index contributed by atoms with van der Waals surface area (Å²) in [6, 6.07) is 3.09. The fourth-order valence-electron chi connectivity index (χ4n) is 1.37. The predicted molar refractivity (Wildman–Crippen MR) is 66.5 cm³/mol. The molecule has 0 saturated carbocycles. The van der Waals surface area contributed by atoms with E-state index in [1.54, 1.807) is 0 Å². The van der Waals surface area contributed by atoms with Crippen molar-refractivity contribution in [3.05, 3.63) is 33.8 Å². The number of aliphatic hydroxyl groups is 1. The molecule has 0 saturated heterocycles. The van der Waals surface area contributed by atoms with Gasteiger partial charge in [-0.15, -0.1) is 0 Å². The van der Waals surface area contributed by atoms with Crippen LogP contribution in [0.4, 0.5) is 18.0 Å². The second-order valence-electron chi connectivity index (χ2n) is 3.63. The maximum absolute atomic E-state index is 12.8. The summed E-state index contributed by atoms with van der Waals surface area (Å²) in [6.07, 6.45) is -4.48. The maximum atomic E-state index is 12.8. The van der Waals surface area contributed by atoms with E-state index in [2.05, 4.69) is 26.6 Å². The fourth-order valence-corrected chi connectivity index (χ4v) is 1.74. The molecule has 0 unspecified atom stereocenters. The van der Waals surface area contributed by atoms with Crippen LogP contribution >= 0.6 is 15.9 Å². The number of rotatable bonds is 4. The van der Waals surface area contributed by atoms with E-state index in [4.69, 9.17) is 5.11 Å². The SMILES string of the molecule is O=C(NCCO)NCc1ccc(Br)cc1C(F)(F)F. The first-order valence-corrected chi connectivity index (χ1v) is 6.12. The molecular weight excluding hydrogens is 329 g/mol. The standard InChI is InChI=1S/C11H12BrF3N2O2/c12-8-2-1-7(9(5-8)11(13,14)15)6-17-10(19)16-3-4-18/h1-2,5,18H,3-4,6H2,(H2,16,17,19). The number of carbonyl (C=O) groups excluding carboxylic acids is 1. The van der Waals surface area contributed by atoms with E-state index in [1.807, 2.05) is 0 Å². The summed E-state index contributed by atoms with van der Waals surface area (Å²) < 4.78 is 38.6. The third-order valence-electron chi connectivity index (χ3n) is 2.21. The third kappa shape index (κ3) is 5.07. The number of carbonyl (C=O) groups is 1. The van der Waals surface area contributed by atoms with Gasteiger partial charge in [-0.05, 0) is 17.7 Å². The largest absolute Gasteiger partial charge is 0.416 e. The average Bonchev–Trinajstić information content (AvgIpc) is 2.33. The average molecular weight is 341 g/mol. The van der Waals surface area contributed by atoms with Crippen molar-refractivity contribution in [1.29, 1.82) is 0 Å². The Bertz CT molecular complexity index is 452. The summed E-state index contributed by atoms with van der Waals surface area (Å²) in [4.78, 5) is 11.2. The first-order valence-electron chi connectivity index (χ1n) is 5.32. The molecule has 8 heteroatoms. The minimum absolute atomic E-state index is 0.0325. The Labute approximate surface area is 116 Å². The molecule has 0 aromatic heterocycles. The first kappa shape index (κ1) is 15.8. The Hall–Kier alpha value is -1.28. The topological polar surface area (TPSA) is 61.4 Å². The Morgan fingerprint density at radius 2 is 2.00 bits per heavy atom. The number of urea groups is 1. The zero-order chi connectivity index (χ0) is 14.5. The zero-order valence-electron chi connectivity index (χ0n) is 9.72. The number of hydrogen-bond donors (Lipinski definition) is 3. The van der Waals surface area contributed by atoms with Gasteiger partial charge in [-0.2, -0.15) is 13.2 Å². The van der Waals surface area contributed by atoms with Crippen LogP contribution < -0.4 is 10.6 Å². The first-order chi connectivity index (χ1) is 8.84. The molecule has 0 atom stereocenters. The van der Waals surface area contributed by atoms with E-state index in [0.29, 0.717) is 4.47 Å². The highest BCUT2D eigenvalue weighted by molar-refractivity contribution is 9.10. The Morgan fingerprint density at radius 3 is 2.58 bits per heavy atom. The Kier molecular flexibility index (Phi) is 5.61. The molecule has 0 spiro atoms. The lowest BCUT2D eigenvalue weighted by molar-refractivity contribution is -0.138. The molecule has 1 aromatic carbocycles. The van der Waals surface area contributed by atoms with Crippen LogP contribution in [0.25, 0.3) is 0 Å². The van der Waals surface area contributed by atoms with Gasteiger partial charge in [0.15, 0.2) is 0 Å². The van der Waals surface area contributed by atoms with Gasteiger partial charge in [-0.25, -0.2) is 4.79 Å². The number of hydrogen-bond acceptors (Lipinski definition) is 2. The van der Waals surface area contributed by atoms with E-state index in [0.717, 1.165) is 6.07 Å². The minimum Gasteiger partial charge on any atom is -0.395 e. The number of halogens is 4. The van der Waals surface area contributed by atoms with Crippen molar-refractivity contribution < 1.29 is 23.1 Å². The molecular formula is C11H12BrF3N2O2. The molecule has 0 aliphatic heterocycles. The third-order valence-corrected chi connectivity index (χ3v) is 2.71. The molecule has 0 aliphatic carbocycles. The highest BCUT2D eigenvalue weighted by atomic mass is 79.9. The fraction of sp³-hybridized carbons (Fsp3) is 0.364. The van der Waals surface area contributed by atoms with Crippen molar-refractivity contribution in [2.75, 3.05) is 13.2 Å². The van der Waals surface area contributed by atoms with Gasteiger partial charge in [-0.1, -0.05) is 22.0 Å². The molecule has 19 heavy (non-hydrogen) atoms. The number of amides is 2. The second-order valence-corrected chi connectivity index (χ2v) is 4.55. The lowest BCUT2D eigenvalue weighted by Gasteiger charge is -2.14. The van der Waals surface area contributed by atoms with Crippen molar-refractivity contribution in [3.63, 3.8) is 0 Å². The molecule has 0 aliphatic rings. The van der Waals surface area contributed by atoms with E-state index in [-0.39, 0.29) is 25.3 Å². The van der Waals surface area contributed by atoms with Crippen LogP contribution in [0, 0.1) is 0 Å². The summed E-state index contributed by atoms with van der Waals surface area (Å²) in [7, 11) is 0. The van der Waals surface area contributed by atoms with Gasteiger partial charge in [0.25, 0.3) is 0 Å². The van der Waals surface area contributed by atoms with Crippen LogP contribution in [0.3, 0.4) is 0 Å². The molecule has 4 nitrogen and oxygen atoms in total. The smallest absolute Gasteiger partial charge is 0.395 e. The number of benzene rings is 1. The molecule has 0 bridgehead atoms. The summed E-state index contributed by atoms with van der Waals surface area (Å²) >= 11 is 2.98. The predicted octanol–water partition coefficient (Wildman–Crippen LogP) is 2.26. The van der Waals surface area contributed by atoms with Crippen LogP contribution in [-0.2, 0) is 12.7 Å². The Balaban J connectivity index is 2.76. The quantitative estimate of drug-likeness (QED) is 0.787. The number of nitrogens with one attached hydrogen (secondary N) is 2. The van der Waals surface area contributed by atoms with E-state index >= 15 is 0 Å². The molecule has 3 N–H and O–H groups in total.